The van der Waals surface area contributed by atoms with Crippen LogP contribution < -0.4 is 5.73 Å². The Morgan fingerprint density at radius 2 is 1.02 bits per heavy atom. The van der Waals surface area contributed by atoms with Crippen molar-refractivity contribution in [3.63, 3.8) is 0 Å². The average Bonchev–Trinajstić information content (AvgIpc) is 3.11. The predicted octanol–water partition coefficient (Wildman–Crippen LogP) is 11.2. The molecule has 0 bridgehead atoms. The SMILES string of the molecule is CCCCC/C=C/C/C=C/C/C=C/CCCCC(=O)O[C@H](COC(=O)CCCCCCC/C=C/CCCCCCCC)COP(=O)(O)OCCN. The zero-order valence-corrected chi connectivity index (χ0v) is 33.2. The van der Waals surface area contributed by atoms with Crippen molar-refractivity contribution in [2.75, 3.05) is 26.4 Å². The molecule has 296 valence electrons. The van der Waals surface area contributed by atoms with Gasteiger partial charge in [-0.15, -0.1) is 0 Å². The van der Waals surface area contributed by atoms with Crippen LogP contribution in [0.1, 0.15) is 168 Å². The second-order valence-electron chi connectivity index (χ2n) is 13.1. The molecule has 9 nitrogen and oxygen atoms in total. The van der Waals surface area contributed by atoms with E-state index in [1.54, 1.807) is 0 Å². The van der Waals surface area contributed by atoms with Gasteiger partial charge in [-0.1, -0.05) is 127 Å². The number of unbranched alkanes of at least 4 members (excludes halogenated alkanes) is 16. The summed E-state index contributed by atoms with van der Waals surface area (Å²) in [5, 5.41) is 0. The van der Waals surface area contributed by atoms with Gasteiger partial charge in [0.25, 0.3) is 0 Å². The Kier molecular flexibility index (Phi) is 36.2. The highest BCUT2D eigenvalue weighted by atomic mass is 31.2. The summed E-state index contributed by atoms with van der Waals surface area (Å²) in [7, 11) is -4.39. The van der Waals surface area contributed by atoms with Crippen LogP contribution in [0.4, 0.5) is 0 Å². The van der Waals surface area contributed by atoms with Crippen LogP contribution in [0.3, 0.4) is 0 Å². The monoisotopic (exact) mass is 740 g/mol. The van der Waals surface area contributed by atoms with Gasteiger partial charge in [0.2, 0.25) is 0 Å². The van der Waals surface area contributed by atoms with Gasteiger partial charge in [0.05, 0.1) is 13.2 Å². The second-order valence-corrected chi connectivity index (χ2v) is 14.6. The summed E-state index contributed by atoms with van der Waals surface area (Å²) in [6.45, 7) is 3.63. The number of phosphoric ester groups is 1. The highest BCUT2D eigenvalue weighted by Gasteiger charge is 2.25. The van der Waals surface area contributed by atoms with Gasteiger partial charge in [0, 0.05) is 19.4 Å². The highest BCUT2D eigenvalue weighted by molar-refractivity contribution is 7.47. The topological polar surface area (TPSA) is 134 Å². The fraction of sp³-hybridized carbons (Fsp3) is 0.756. The molecule has 2 atom stereocenters. The van der Waals surface area contributed by atoms with Gasteiger partial charge in [-0.3, -0.25) is 18.6 Å². The Morgan fingerprint density at radius 1 is 0.588 bits per heavy atom. The molecule has 0 aromatic carbocycles. The predicted molar refractivity (Wildman–Crippen MR) is 210 cm³/mol. The molecule has 0 aliphatic carbocycles. The van der Waals surface area contributed by atoms with Crippen LogP contribution in [0.5, 0.6) is 0 Å². The average molecular weight is 740 g/mol. The van der Waals surface area contributed by atoms with Crippen LogP contribution in [0, 0.1) is 0 Å². The Morgan fingerprint density at radius 3 is 1.61 bits per heavy atom. The van der Waals surface area contributed by atoms with Crippen molar-refractivity contribution in [3.05, 3.63) is 48.6 Å². The summed E-state index contributed by atoms with van der Waals surface area (Å²) in [5.74, 6) is -0.886. The molecule has 0 aromatic rings. The minimum Gasteiger partial charge on any atom is -0.462 e. The molecule has 0 saturated heterocycles. The number of hydrogen-bond donors (Lipinski definition) is 2. The van der Waals surface area contributed by atoms with E-state index in [0.29, 0.717) is 12.8 Å². The van der Waals surface area contributed by atoms with Gasteiger partial charge < -0.3 is 20.1 Å². The minimum atomic E-state index is -4.39. The molecule has 0 radical (unpaired) electrons. The number of hydrogen-bond acceptors (Lipinski definition) is 8. The normalized spacial score (nSPS) is 13.9. The Labute approximate surface area is 311 Å². The maximum Gasteiger partial charge on any atom is 0.472 e. The smallest absolute Gasteiger partial charge is 0.462 e. The van der Waals surface area contributed by atoms with E-state index in [1.165, 1.54) is 64.2 Å². The third-order valence-electron chi connectivity index (χ3n) is 8.19. The van der Waals surface area contributed by atoms with Gasteiger partial charge in [-0.05, 0) is 77.0 Å². The quantitative estimate of drug-likeness (QED) is 0.0276. The van der Waals surface area contributed by atoms with E-state index in [1.807, 2.05) is 0 Å². The molecule has 0 heterocycles. The molecule has 0 aliphatic rings. The minimum absolute atomic E-state index is 0.0447. The molecule has 0 saturated carbocycles. The van der Waals surface area contributed by atoms with Crippen molar-refractivity contribution < 1.29 is 37.6 Å². The first kappa shape index (κ1) is 49.0. The van der Waals surface area contributed by atoms with Crippen molar-refractivity contribution in [2.45, 2.75) is 174 Å². The van der Waals surface area contributed by atoms with E-state index < -0.39 is 32.5 Å². The molecular weight excluding hydrogens is 665 g/mol. The van der Waals surface area contributed by atoms with E-state index >= 15 is 0 Å². The van der Waals surface area contributed by atoms with Crippen LogP contribution in [-0.4, -0.2) is 49.3 Å². The van der Waals surface area contributed by atoms with E-state index in [9.17, 15) is 19.0 Å². The molecule has 0 fully saturated rings. The standard InChI is InChI=1S/C41H74NO8P/c1-3-5-7-9-11-13-15-17-19-21-23-25-27-29-31-33-40(43)47-37-39(38-49-51(45,46)48-36-35-42)50-41(44)34-32-30-28-26-24-22-20-18-16-14-12-10-8-6-4-2/h12,14,17-20,24,26,39H,3-11,13,15-16,21-23,25,27-38,42H2,1-2H3,(H,45,46)/b14-12+,19-17+,20-18+,26-24+/t39-/m1/s1. The van der Waals surface area contributed by atoms with E-state index in [4.69, 9.17) is 24.3 Å². The van der Waals surface area contributed by atoms with Crippen LogP contribution in [0.15, 0.2) is 48.6 Å². The van der Waals surface area contributed by atoms with Crippen molar-refractivity contribution >= 4 is 19.8 Å². The summed E-state index contributed by atoms with van der Waals surface area (Å²) >= 11 is 0. The van der Waals surface area contributed by atoms with Gasteiger partial charge >= 0.3 is 19.8 Å². The Balaban J connectivity index is 4.29. The number of esters is 2. The zero-order valence-electron chi connectivity index (χ0n) is 32.3. The van der Waals surface area contributed by atoms with Crippen molar-refractivity contribution in [1.29, 1.82) is 0 Å². The Hall–Kier alpha value is -2.03. The van der Waals surface area contributed by atoms with Crippen LogP contribution in [-0.2, 0) is 32.7 Å². The summed E-state index contributed by atoms with van der Waals surface area (Å²) in [6.07, 6.45) is 41.4. The van der Waals surface area contributed by atoms with Gasteiger partial charge in [0.15, 0.2) is 6.10 Å². The molecule has 0 spiro atoms. The summed E-state index contributed by atoms with van der Waals surface area (Å²) in [5.41, 5.74) is 5.33. The molecule has 0 aliphatic heterocycles. The van der Waals surface area contributed by atoms with Crippen LogP contribution in [0.2, 0.25) is 0 Å². The summed E-state index contributed by atoms with van der Waals surface area (Å²) in [4.78, 5) is 34.7. The molecular formula is C41H74NO8P. The van der Waals surface area contributed by atoms with Gasteiger partial charge in [0.1, 0.15) is 6.61 Å². The first-order valence-electron chi connectivity index (χ1n) is 20.1. The molecule has 10 heteroatoms. The lowest BCUT2D eigenvalue weighted by molar-refractivity contribution is -0.161. The van der Waals surface area contributed by atoms with Crippen LogP contribution >= 0.6 is 7.82 Å². The molecule has 0 amide bonds. The number of rotatable bonds is 37. The largest absolute Gasteiger partial charge is 0.472 e. The molecule has 3 N–H and O–H groups in total. The third kappa shape index (κ3) is 37.5. The summed E-state index contributed by atoms with van der Waals surface area (Å²) in [6, 6.07) is 0. The third-order valence-corrected chi connectivity index (χ3v) is 9.17. The molecule has 0 rings (SSSR count). The lowest BCUT2D eigenvalue weighted by Gasteiger charge is -2.19. The van der Waals surface area contributed by atoms with Crippen molar-refractivity contribution in [2.24, 2.45) is 5.73 Å². The highest BCUT2D eigenvalue weighted by Crippen LogP contribution is 2.43. The second kappa shape index (κ2) is 37.7. The maximum absolute atomic E-state index is 12.5. The molecule has 51 heavy (non-hydrogen) atoms. The number of nitrogens with two attached hydrogens (primary N) is 1. The lowest BCUT2D eigenvalue weighted by atomic mass is 10.1. The maximum atomic E-state index is 12.5. The van der Waals surface area contributed by atoms with Gasteiger partial charge in [-0.25, -0.2) is 4.57 Å². The fourth-order valence-corrected chi connectivity index (χ4v) is 5.93. The summed E-state index contributed by atoms with van der Waals surface area (Å²) < 4.78 is 32.6. The number of carbonyl (C=O) groups excluding carboxylic acids is 2. The number of carbonyl (C=O) groups is 2. The first-order chi connectivity index (χ1) is 24.8. The first-order valence-corrected chi connectivity index (χ1v) is 21.6. The van der Waals surface area contributed by atoms with Crippen LogP contribution in [0.25, 0.3) is 0 Å². The lowest BCUT2D eigenvalue weighted by Crippen LogP contribution is -2.29. The number of ether oxygens (including phenoxy) is 2. The fourth-order valence-electron chi connectivity index (χ4n) is 5.16. The zero-order chi connectivity index (χ0) is 37.5. The number of allylic oxidation sites excluding steroid dienone is 8. The van der Waals surface area contributed by atoms with Crippen molar-refractivity contribution in [1.82, 2.24) is 0 Å². The number of phosphoric acid groups is 1. The van der Waals surface area contributed by atoms with E-state index in [2.05, 4.69) is 62.5 Å². The van der Waals surface area contributed by atoms with Gasteiger partial charge in [-0.2, -0.15) is 0 Å². The van der Waals surface area contributed by atoms with E-state index in [-0.39, 0.29) is 32.6 Å². The van der Waals surface area contributed by atoms with Crippen molar-refractivity contribution in [3.8, 4) is 0 Å². The van der Waals surface area contributed by atoms with E-state index in [0.717, 1.165) is 64.2 Å². The molecule has 1 unspecified atom stereocenters. The Bertz CT molecular complexity index is 981. The molecule has 0 aromatic heterocycles.